The molecular weight excluding hydrogens is 235 g/mol. The molecule has 0 aliphatic carbocycles. The van der Waals surface area contributed by atoms with Crippen LogP contribution in [0.15, 0.2) is 4.99 Å². The Morgan fingerprint density at radius 3 is 2.88 bits per heavy atom. The normalized spacial score (nSPS) is 47.6. The average Bonchev–Trinajstić information content (AvgIpc) is 2.66. The third kappa shape index (κ3) is 1.92. The summed E-state index contributed by atoms with van der Waals surface area (Å²) < 4.78 is 19.3. The van der Waals surface area contributed by atoms with Gasteiger partial charge in [-0.05, 0) is 6.92 Å². The topological polar surface area (TPSA) is 74.1 Å². The lowest BCUT2D eigenvalue weighted by atomic mass is 9.96. The maximum absolute atomic E-state index is 13.9. The van der Waals surface area contributed by atoms with Crippen LogP contribution in [0.5, 0.6) is 0 Å². The molecule has 0 spiro atoms. The van der Waals surface area contributed by atoms with Gasteiger partial charge in [0.2, 0.25) is 0 Å². The Balaban J connectivity index is 2.15. The number of ether oxygens (including phenoxy) is 1. The molecule has 0 aromatic heterocycles. The Labute approximate surface area is 97.1 Å². The summed E-state index contributed by atoms with van der Waals surface area (Å²) in [5.74, 6) is 0. The van der Waals surface area contributed by atoms with E-state index >= 15 is 0 Å². The molecule has 0 aromatic carbocycles. The van der Waals surface area contributed by atoms with Gasteiger partial charge in [-0.1, -0.05) is 11.8 Å². The van der Waals surface area contributed by atoms with E-state index in [9.17, 15) is 14.6 Å². The van der Waals surface area contributed by atoms with Crippen molar-refractivity contribution >= 4 is 16.9 Å². The minimum Gasteiger partial charge on any atom is -0.391 e. The number of thioether (sulfide) groups is 1. The summed E-state index contributed by atoms with van der Waals surface area (Å²) >= 11 is 1.28. The number of alkyl halides is 1. The second kappa shape index (κ2) is 4.48. The van der Waals surface area contributed by atoms with Crippen molar-refractivity contribution in [2.75, 3.05) is 7.05 Å². The summed E-state index contributed by atoms with van der Waals surface area (Å²) in [7, 11) is 1.60. The fraction of sp³-hybridized carbons (Fsp3) is 0.889. The lowest BCUT2D eigenvalue weighted by Gasteiger charge is -2.38. The van der Waals surface area contributed by atoms with Crippen LogP contribution in [0.3, 0.4) is 0 Å². The van der Waals surface area contributed by atoms with Gasteiger partial charge in [0.05, 0.1) is 12.1 Å². The van der Waals surface area contributed by atoms with Gasteiger partial charge in [-0.25, -0.2) is 4.39 Å². The van der Waals surface area contributed by atoms with Crippen molar-refractivity contribution in [1.29, 1.82) is 0 Å². The van der Waals surface area contributed by atoms with Crippen molar-refractivity contribution in [3.63, 3.8) is 0 Å². The number of halogens is 1. The smallest absolute Gasteiger partial charge is 0.159 e. The predicted octanol–water partition coefficient (Wildman–Crippen LogP) is -0.518. The Morgan fingerprint density at radius 1 is 1.62 bits per heavy atom. The lowest BCUT2D eigenvalue weighted by molar-refractivity contribution is -0.167. The van der Waals surface area contributed by atoms with Gasteiger partial charge in [-0.3, -0.25) is 4.99 Å². The zero-order valence-electron chi connectivity index (χ0n) is 9.00. The van der Waals surface area contributed by atoms with Crippen molar-refractivity contribution in [1.82, 2.24) is 5.32 Å². The molecule has 16 heavy (non-hydrogen) atoms. The van der Waals surface area contributed by atoms with Crippen LogP contribution in [-0.4, -0.2) is 58.4 Å². The number of hydrogen-bond acceptors (Lipinski definition) is 5. The van der Waals surface area contributed by atoms with Gasteiger partial charge >= 0.3 is 0 Å². The van der Waals surface area contributed by atoms with Crippen LogP contribution >= 0.6 is 11.8 Å². The van der Waals surface area contributed by atoms with Gasteiger partial charge in [0.25, 0.3) is 0 Å². The van der Waals surface area contributed by atoms with Crippen molar-refractivity contribution in [2.24, 2.45) is 4.99 Å². The highest BCUT2D eigenvalue weighted by molar-refractivity contribution is 8.14. The number of rotatable bonds is 1. The molecule has 3 N–H and O–H groups in total. The first-order chi connectivity index (χ1) is 7.54. The Kier molecular flexibility index (Phi) is 3.39. The molecule has 2 rings (SSSR count). The summed E-state index contributed by atoms with van der Waals surface area (Å²) in [5, 5.41) is 22.5. The molecule has 2 aliphatic heterocycles. The molecule has 2 aliphatic rings. The van der Waals surface area contributed by atoms with E-state index in [2.05, 4.69) is 10.3 Å². The van der Waals surface area contributed by atoms with Crippen molar-refractivity contribution in [3.8, 4) is 0 Å². The highest BCUT2D eigenvalue weighted by Gasteiger charge is 2.51. The van der Waals surface area contributed by atoms with E-state index in [0.29, 0.717) is 5.17 Å². The number of aliphatic hydroxyl groups is 2. The maximum Gasteiger partial charge on any atom is 0.159 e. The van der Waals surface area contributed by atoms with Crippen molar-refractivity contribution in [3.05, 3.63) is 0 Å². The molecule has 6 atom stereocenters. The first-order valence-corrected chi connectivity index (χ1v) is 5.98. The van der Waals surface area contributed by atoms with Gasteiger partial charge in [0.15, 0.2) is 11.3 Å². The molecule has 0 bridgehead atoms. The highest BCUT2D eigenvalue weighted by Crippen LogP contribution is 2.35. The zero-order valence-corrected chi connectivity index (χ0v) is 9.82. The molecule has 2 fully saturated rings. The summed E-state index contributed by atoms with van der Waals surface area (Å²) in [5.41, 5.74) is -0.448. The molecule has 0 aromatic rings. The first-order valence-electron chi connectivity index (χ1n) is 5.10. The minimum absolute atomic E-state index is 0.448. The maximum atomic E-state index is 13.9. The monoisotopic (exact) mass is 250 g/mol. The Morgan fingerprint density at radius 2 is 2.31 bits per heavy atom. The van der Waals surface area contributed by atoms with E-state index in [1.54, 1.807) is 7.05 Å². The van der Waals surface area contributed by atoms with Gasteiger partial charge in [0.1, 0.15) is 17.6 Å². The largest absolute Gasteiger partial charge is 0.391 e. The van der Waals surface area contributed by atoms with Crippen LogP contribution in [0.4, 0.5) is 4.39 Å². The van der Waals surface area contributed by atoms with Crippen LogP contribution in [0.2, 0.25) is 0 Å². The standard InChI is InChI=1S/C9H15FN2O3S/c1-3(13)7-6(14)4(10)5-8(15-7)16-9(11-2)12-5/h3-8,13-14H,1-2H3,(H,11,12)/t3-,4-,5+,6+,7+,8+/m0/s1. The van der Waals surface area contributed by atoms with Crippen LogP contribution < -0.4 is 5.32 Å². The summed E-state index contributed by atoms with van der Waals surface area (Å²) in [6.07, 6.45) is -4.57. The molecule has 7 heteroatoms. The van der Waals surface area contributed by atoms with Crippen LogP contribution in [0.25, 0.3) is 0 Å². The third-order valence-electron chi connectivity index (χ3n) is 2.79. The summed E-state index contributed by atoms with van der Waals surface area (Å²) in [6.45, 7) is 1.48. The van der Waals surface area contributed by atoms with E-state index in [4.69, 9.17) is 4.74 Å². The Bertz CT molecular complexity index is 302. The molecule has 0 unspecified atom stereocenters. The SMILES string of the molecule is CN=C1N[C@@H]2[C@H](F)[C@@H](O)[C@@H]([C@H](C)O)O[C@@H]2S1. The molecule has 0 radical (unpaired) electrons. The van der Waals surface area contributed by atoms with E-state index < -0.39 is 36.0 Å². The minimum atomic E-state index is -1.47. The lowest BCUT2D eigenvalue weighted by Crippen LogP contribution is -2.59. The van der Waals surface area contributed by atoms with Gasteiger partial charge in [0, 0.05) is 7.05 Å². The number of aliphatic imine (C=N–C) groups is 1. The van der Waals surface area contributed by atoms with E-state index in [1.807, 2.05) is 0 Å². The Hall–Kier alpha value is -0.370. The van der Waals surface area contributed by atoms with E-state index in [1.165, 1.54) is 18.7 Å². The van der Waals surface area contributed by atoms with Gasteiger partial charge in [-0.15, -0.1) is 0 Å². The molecule has 0 saturated carbocycles. The quantitative estimate of drug-likeness (QED) is 0.584. The number of aliphatic hydroxyl groups excluding tert-OH is 2. The van der Waals surface area contributed by atoms with Crippen LogP contribution in [0, 0.1) is 0 Å². The van der Waals surface area contributed by atoms with E-state index in [0.717, 1.165) is 0 Å². The number of amidine groups is 1. The molecule has 2 heterocycles. The molecular formula is C9H15FN2O3S. The van der Waals surface area contributed by atoms with Gasteiger partial charge in [-0.2, -0.15) is 0 Å². The second-order valence-electron chi connectivity index (χ2n) is 3.96. The van der Waals surface area contributed by atoms with Crippen molar-refractivity contribution in [2.45, 2.75) is 42.9 Å². The number of fused-ring (bicyclic) bond motifs is 1. The summed E-state index contributed by atoms with van der Waals surface area (Å²) in [6, 6.07) is -0.603. The van der Waals surface area contributed by atoms with Crippen LogP contribution in [-0.2, 0) is 4.74 Å². The summed E-state index contributed by atoms with van der Waals surface area (Å²) in [4.78, 5) is 3.92. The third-order valence-corrected chi connectivity index (χ3v) is 3.95. The molecule has 92 valence electrons. The highest BCUT2D eigenvalue weighted by atomic mass is 32.2. The molecule has 0 amide bonds. The molecule has 5 nitrogen and oxygen atoms in total. The fourth-order valence-corrected chi connectivity index (χ4v) is 2.99. The number of nitrogens with zero attached hydrogens (tertiary/aromatic N) is 1. The van der Waals surface area contributed by atoms with Crippen molar-refractivity contribution < 1.29 is 19.3 Å². The van der Waals surface area contributed by atoms with E-state index in [-0.39, 0.29) is 0 Å². The number of hydrogen-bond donors (Lipinski definition) is 3. The molecule has 2 saturated heterocycles. The first kappa shape index (κ1) is 12.1. The fourth-order valence-electron chi connectivity index (χ4n) is 1.92. The van der Waals surface area contributed by atoms with Gasteiger partial charge < -0.3 is 20.3 Å². The average molecular weight is 250 g/mol. The zero-order chi connectivity index (χ0) is 11.9. The number of nitrogens with one attached hydrogen (secondary N) is 1. The predicted molar refractivity (Wildman–Crippen MR) is 59.1 cm³/mol. The second-order valence-corrected chi connectivity index (χ2v) is 5.05. The van der Waals surface area contributed by atoms with Crippen LogP contribution in [0.1, 0.15) is 6.92 Å².